The predicted molar refractivity (Wildman–Crippen MR) is 111 cm³/mol. The van der Waals surface area contributed by atoms with Gasteiger partial charge in [0.25, 0.3) is 5.91 Å². The first-order valence-corrected chi connectivity index (χ1v) is 10.0. The van der Waals surface area contributed by atoms with Gasteiger partial charge in [-0.2, -0.15) is 13.2 Å². The number of carbonyl (C=O) groups excluding carboxylic acids is 1. The number of pyridine rings is 1. The van der Waals surface area contributed by atoms with Crippen molar-refractivity contribution in [2.24, 2.45) is 0 Å². The number of alkyl halides is 3. The molecule has 30 heavy (non-hydrogen) atoms. The lowest BCUT2D eigenvalue weighted by molar-refractivity contribution is -0.137. The molecule has 2 aromatic carbocycles. The van der Waals surface area contributed by atoms with Gasteiger partial charge in [0, 0.05) is 23.3 Å². The van der Waals surface area contributed by atoms with Gasteiger partial charge in [0.2, 0.25) is 0 Å². The van der Waals surface area contributed by atoms with Crippen molar-refractivity contribution < 1.29 is 18.0 Å². The van der Waals surface area contributed by atoms with Gasteiger partial charge in [0.1, 0.15) is 0 Å². The number of benzene rings is 2. The standard InChI is InChI=1S/C23H22F3N3O/c24-23(25,26)15-10-11-17-20(12-13-27-21(17)14-15)29-19-9-5-4-8-18(19)22(30)28-16-6-2-1-3-7-16/h4-5,8-14,16H,1-3,6-7H2,(H,27,29)(H,28,30). The van der Waals surface area contributed by atoms with Crippen molar-refractivity contribution in [3.05, 3.63) is 65.9 Å². The van der Waals surface area contributed by atoms with Gasteiger partial charge in [-0.1, -0.05) is 37.5 Å². The van der Waals surface area contributed by atoms with Gasteiger partial charge >= 0.3 is 6.18 Å². The molecule has 4 rings (SSSR count). The molecule has 156 valence electrons. The highest BCUT2D eigenvalue weighted by molar-refractivity contribution is 6.02. The fraction of sp³-hybridized carbons (Fsp3) is 0.304. The summed E-state index contributed by atoms with van der Waals surface area (Å²) < 4.78 is 39.0. The van der Waals surface area contributed by atoms with Gasteiger partial charge in [-0.3, -0.25) is 9.78 Å². The molecule has 1 aliphatic carbocycles. The van der Waals surface area contributed by atoms with Crippen LogP contribution in [0.4, 0.5) is 24.5 Å². The molecule has 3 aromatic rings. The number of halogens is 3. The van der Waals surface area contributed by atoms with E-state index in [0.717, 1.165) is 37.8 Å². The lowest BCUT2D eigenvalue weighted by Gasteiger charge is -2.23. The van der Waals surface area contributed by atoms with E-state index in [0.29, 0.717) is 22.3 Å². The number of nitrogens with zero attached hydrogens (tertiary/aromatic N) is 1. The Kier molecular flexibility index (Phi) is 5.61. The third-order valence-corrected chi connectivity index (χ3v) is 5.45. The predicted octanol–water partition coefficient (Wildman–Crippen LogP) is 6.06. The van der Waals surface area contributed by atoms with Crippen molar-refractivity contribution in [2.75, 3.05) is 5.32 Å². The second-order valence-electron chi connectivity index (χ2n) is 7.57. The Morgan fingerprint density at radius 3 is 2.50 bits per heavy atom. The monoisotopic (exact) mass is 413 g/mol. The number of carbonyl (C=O) groups is 1. The number of para-hydroxylation sites is 1. The molecular weight excluding hydrogens is 391 g/mol. The van der Waals surface area contributed by atoms with Gasteiger partial charge in [-0.15, -0.1) is 0 Å². The van der Waals surface area contributed by atoms with E-state index in [1.807, 2.05) is 6.07 Å². The van der Waals surface area contributed by atoms with Crippen molar-refractivity contribution in [2.45, 2.75) is 44.3 Å². The Hall–Kier alpha value is -3.09. The molecule has 2 N–H and O–H groups in total. The summed E-state index contributed by atoms with van der Waals surface area (Å²) in [4.78, 5) is 16.9. The summed E-state index contributed by atoms with van der Waals surface area (Å²) in [5.74, 6) is -0.150. The van der Waals surface area contributed by atoms with Crippen LogP contribution in [0.3, 0.4) is 0 Å². The van der Waals surface area contributed by atoms with E-state index >= 15 is 0 Å². The van der Waals surface area contributed by atoms with Crippen LogP contribution in [-0.2, 0) is 6.18 Å². The van der Waals surface area contributed by atoms with Crippen molar-refractivity contribution in [3.8, 4) is 0 Å². The van der Waals surface area contributed by atoms with Crippen LogP contribution in [0.25, 0.3) is 10.9 Å². The van der Waals surface area contributed by atoms with Crippen LogP contribution >= 0.6 is 0 Å². The largest absolute Gasteiger partial charge is 0.416 e. The maximum atomic E-state index is 13.0. The first kappa shape index (κ1) is 20.2. The summed E-state index contributed by atoms with van der Waals surface area (Å²) in [5.41, 5.74) is 1.18. The minimum absolute atomic E-state index is 0.150. The van der Waals surface area contributed by atoms with Crippen LogP contribution in [0.15, 0.2) is 54.7 Å². The quantitative estimate of drug-likeness (QED) is 0.547. The smallest absolute Gasteiger partial charge is 0.354 e. The fourth-order valence-electron chi connectivity index (χ4n) is 3.88. The maximum Gasteiger partial charge on any atom is 0.416 e. The molecule has 0 bridgehead atoms. The van der Waals surface area contributed by atoms with E-state index in [1.54, 1.807) is 24.3 Å². The summed E-state index contributed by atoms with van der Waals surface area (Å²) >= 11 is 0. The molecule has 0 saturated heterocycles. The third kappa shape index (κ3) is 4.40. The minimum Gasteiger partial charge on any atom is -0.354 e. The number of aromatic nitrogens is 1. The lowest BCUT2D eigenvalue weighted by Crippen LogP contribution is -2.36. The van der Waals surface area contributed by atoms with Crippen LogP contribution < -0.4 is 10.6 Å². The van der Waals surface area contributed by atoms with Crippen LogP contribution in [0.5, 0.6) is 0 Å². The Morgan fingerprint density at radius 2 is 1.73 bits per heavy atom. The van der Waals surface area contributed by atoms with Crippen molar-refractivity contribution in [1.82, 2.24) is 10.3 Å². The third-order valence-electron chi connectivity index (χ3n) is 5.45. The zero-order valence-electron chi connectivity index (χ0n) is 16.3. The average Bonchev–Trinajstić information content (AvgIpc) is 2.74. The number of hydrogen-bond donors (Lipinski definition) is 2. The van der Waals surface area contributed by atoms with Crippen molar-refractivity contribution in [3.63, 3.8) is 0 Å². The molecule has 1 saturated carbocycles. The molecule has 0 unspecified atom stereocenters. The minimum atomic E-state index is -4.43. The number of fused-ring (bicyclic) bond motifs is 1. The number of amides is 1. The topological polar surface area (TPSA) is 54.0 Å². The Balaban J connectivity index is 1.62. The zero-order chi connectivity index (χ0) is 21.1. The second kappa shape index (κ2) is 8.34. The SMILES string of the molecule is O=C(NC1CCCCC1)c1ccccc1Nc1ccnc2cc(C(F)(F)F)ccc12. The molecule has 1 amide bonds. The normalized spacial score (nSPS) is 15.2. The van der Waals surface area contributed by atoms with Gasteiger partial charge in [0.05, 0.1) is 22.3 Å². The highest BCUT2D eigenvalue weighted by Gasteiger charge is 2.30. The van der Waals surface area contributed by atoms with E-state index in [-0.39, 0.29) is 17.5 Å². The Labute approximate surface area is 172 Å². The molecule has 7 heteroatoms. The number of anilines is 2. The van der Waals surface area contributed by atoms with E-state index in [1.165, 1.54) is 18.7 Å². The van der Waals surface area contributed by atoms with E-state index in [2.05, 4.69) is 15.6 Å². The fourth-order valence-corrected chi connectivity index (χ4v) is 3.88. The molecule has 1 aromatic heterocycles. The second-order valence-corrected chi connectivity index (χ2v) is 7.57. The molecule has 1 heterocycles. The zero-order valence-corrected chi connectivity index (χ0v) is 16.3. The Morgan fingerprint density at radius 1 is 0.967 bits per heavy atom. The molecule has 1 fully saturated rings. The van der Waals surface area contributed by atoms with Crippen LogP contribution in [-0.4, -0.2) is 16.9 Å². The summed E-state index contributed by atoms with van der Waals surface area (Å²) in [7, 11) is 0. The van der Waals surface area contributed by atoms with Crippen molar-refractivity contribution in [1.29, 1.82) is 0 Å². The summed E-state index contributed by atoms with van der Waals surface area (Å²) in [5, 5.41) is 6.87. The highest BCUT2D eigenvalue weighted by Crippen LogP contribution is 2.33. The molecule has 1 aliphatic rings. The molecule has 0 aliphatic heterocycles. The van der Waals surface area contributed by atoms with E-state index in [9.17, 15) is 18.0 Å². The van der Waals surface area contributed by atoms with Gasteiger partial charge < -0.3 is 10.6 Å². The molecule has 0 radical (unpaired) electrons. The van der Waals surface area contributed by atoms with Crippen molar-refractivity contribution >= 4 is 28.2 Å². The van der Waals surface area contributed by atoms with Crippen LogP contribution in [0, 0.1) is 0 Å². The van der Waals surface area contributed by atoms with Gasteiger partial charge in [-0.25, -0.2) is 0 Å². The molecule has 0 spiro atoms. The maximum absolute atomic E-state index is 13.0. The summed E-state index contributed by atoms with van der Waals surface area (Å²) in [6.45, 7) is 0. The highest BCUT2D eigenvalue weighted by atomic mass is 19.4. The van der Waals surface area contributed by atoms with Gasteiger partial charge in [-0.05, 0) is 43.2 Å². The Bertz CT molecular complexity index is 1060. The molecule has 0 atom stereocenters. The lowest BCUT2D eigenvalue weighted by atomic mass is 9.95. The number of hydrogen-bond acceptors (Lipinski definition) is 3. The first-order valence-electron chi connectivity index (χ1n) is 10.0. The number of nitrogens with one attached hydrogen (secondary N) is 2. The summed E-state index contributed by atoms with van der Waals surface area (Å²) in [6.07, 6.45) is 2.44. The van der Waals surface area contributed by atoms with E-state index < -0.39 is 11.7 Å². The first-order chi connectivity index (χ1) is 14.4. The summed E-state index contributed by atoms with van der Waals surface area (Å²) in [6, 6.07) is 12.5. The molecular formula is C23H22F3N3O. The van der Waals surface area contributed by atoms with Crippen LogP contribution in [0.2, 0.25) is 0 Å². The average molecular weight is 413 g/mol. The molecule has 4 nitrogen and oxygen atoms in total. The number of rotatable bonds is 4. The van der Waals surface area contributed by atoms with Gasteiger partial charge in [0.15, 0.2) is 0 Å². The van der Waals surface area contributed by atoms with E-state index in [4.69, 9.17) is 0 Å². The van der Waals surface area contributed by atoms with Crippen LogP contribution in [0.1, 0.15) is 48.0 Å².